The summed E-state index contributed by atoms with van der Waals surface area (Å²) < 4.78 is 5.54. The summed E-state index contributed by atoms with van der Waals surface area (Å²) in [5, 5.41) is 7.46. The minimum absolute atomic E-state index is 0.174. The number of hydrogen-bond donors (Lipinski definition) is 1. The molecule has 0 amide bonds. The van der Waals surface area contributed by atoms with Crippen LogP contribution in [0, 0.1) is 5.92 Å². The van der Waals surface area contributed by atoms with Crippen LogP contribution in [0.2, 0.25) is 0 Å². The highest BCUT2D eigenvalue weighted by Gasteiger charge is 2.25. The van der Waals surface area contributed by atoms with Gasteiger partial charge >= 0.3 is 0 Å². The van der Waals surface area contributed by atoms with Crippen LogP contribution < -0.4 is 10.2 Å². The van der Waals surface area contributed by atoms with E-state index in [9.17, 15) is 0 Å². The molecule has 3 aromatic rings. The molecule has 0 fully saturated rings. The minimum Gasteiger partial charge on any atom is -0.347 e. The molecule has 0 saturated carbocycles. The van der Waals surface area contributed by atoms with Crippen molar-refractivity contribution in [1.82, 2.24) is 30.1 Å². The molecule has 0 aromatic carbocycles. The number of pyridine rings is 1. The van der Waals surface area contributed by atoms with Crippen molar-refractivity contribution < 1.29 is 4.52 Å². The molecule has 0 bridgehead atoms. The van der Waals surface area contributed by atoms with Crippen LogP contribution in [0.1, 0.15) is 51.4 Å². The van der Waals surface area contributed by atoms with Crippen LogP contribution in [0.4, 0.5) is 11.9 Å². The molecule has 1 atom stereocenters. The van der Waals surface area contributed by atoms with Crippen molar-refractivity contribution in [2.24, 2.45) is 5.92 Å². The van der Waals surface area contributed by atoms with Gasteiger partial charge in [-0.15, -0.1) is 0 Å². The fraction of sp³-hybridized carbons (Fsp3) is 0.474. The molecule has 9 nitrogen and oxygen atoms in total. The van der Waals surface area contributed by atoms with E-state index >= 15 is 0 Å². The molecule has 0 aliphatic heterocycles. The number of anilines is 2. The Morgan fingerprint density at radius 2 is 1.68 bits per heavy atom. The van der Waals surface area contributed by atoms with Crippen molar-refractivity contribution in [2.75, 3.05) is 24.3 Å². The molecule has 0 radical (unpaired) electrons. The molecule has 28 heavy (non-hydrogen) atoms. The van der Waals surface area contributed by atoms with Crippen molar-refractivity contribution >= 4 is 11.9 Å². The summed E-state index contributed by atoms with van der Waals surface area (Å²) in [6, 6.07) is 3.45. The van der Waals surface area contributed by atoms with Gasteiger partial charge in [-0.05, 0) is 18.1 Å². The Morgan fingerprint density at radius 1 is 0.964 bits per heavy atom. The van der Waals surface area contributed by atoms with Crippen molar-refractivity contribution in [3.8, 4) is 11.4 Å². The van der Waals surface area contributed by atoms with E-state index in [4.69, 9.17) is 4.52 Å². The van der Waals surface area contributed by atoms with Gasteiger partial charge < -0.3 is 14.7 Å². The predicted molar refractivity (Wildman–Crippen MR) is 107 cm³/mol. The van der Waals surface area contributed by atoms with Crippen LogP contribution in [0.15, 0.2) is 29.0 Å². The van der Waals surface area contributed by atoms with Crippen LogP contribution in [0.3, 0.4) is 0 Å². The number of nitrogens with one attached hydrogen (secondary N) is 1. The summed E-state index contributed by atoms with van der Waals surface area (Å²) in [4.78, 5) is 24.0. The molecule has 0 aliphatic carbocycles. The summed E-state index contributed by atoms with van der Waals surface area (Å²) in [5.74, 6) is 3.19. The Balaban J connectivity index is 1.91. The zero-order valence-electron chi connectivity index (χ0n) is 17.1. The highest BCUT2D eigenvalue weighted by Crippen LogP contribution is 2.27. The van der Waals surface area contributed by atoms with Crippen molar-refractivity contribution in [2.45, 2.75) is 39.7 Å². The lowest BCUT2D eigenvalue weighted by atomic mass is 10.0. The highest BCUT2D eigenvalue weighted by molar-refractivity contribution is 5.52. The number of hydrogen-bond acceptors (Lipinski definition) is 9. The van der Waals surface area contributed by atoms with Crippen molar-refractivity contribution in [1.29, 1.82) is 0 Å². The number of aromatic nitrogens is 6. The Morgan fingerprint density at radius 3 is 2.29 bits per heavy atom. The third-order valence-corrected chi connectivity index (χ3v) is 4.15. The van der Waals surface area contributed by atoms with Crippen LogP contribution in [0.25, 0.3) is 11.4 Å². The summed E-state index contributed by atoms with van der Waals surface area (Å²) >= 11 is 0. The largest absolute Gasteiger partial charge is 0.347 e. The van der Waals surface area contributed by atoms with Crippen LogP contribution in [-0.2, 0) is 0 Å². The second kappa shape index (κ2) is 8.28. The van der Waals surface area contributed by atoms with Gasteiger partial charge in [-0.25, -0.2) is 0 Å². The molecule has 0 saturated heterocycles. The molecule has 1 N–H and O–H groups in total. The molecule has 1 unspecified atom stereocenters. The molecule has 3 rings (SSSR count). The molecule has 3 heterocycles. The molecule has 9 heteroatoms. The van der Waals surface area contributed by atoms with Crippen LogP contribution in [0.5, 0.6) is 0 Å². The van der Waals surface area contributed by atoms with Gasteiger partial charge in [-0.3, -0.25) is 4.98 Å². The minimum atomic E-state index is -0.236. The van der Waals surface area contributed by atoms with E-state index in [2.05, 4.69) is 63.1 Å². The topological polar surface area (TPSA) is 106 Å². The second-order valence-corrected chi connectivity index (χ2v) is 7.42. The molecule has 0 aliphatic rings. The molecule has 0 spiro atoms. The lowest BCUT2D eigenvalue weighted by Gasteiger charge is -2.20. The van der Waals surface area contributed by atoms with Crippen molar-refractivity contribution in [3.05, 3.63) is 36.2 Å². The van der Waals surface area contributed by atoms with E-state index in [0.29, 0.717) is 23.6 Å². The molecule has 148 valence electrons. The highest BCUT2D eigenvalue weighted by atomic mass is 16.5. The van der Waals surface area contributed by atoms with Crippen molar-refractivity contribution in [3.63, 3.8) is 0 Å². The standard InChI is InChI=1S/C19H26N8O/c1-11(2)14(17-22-16(26-28-17)13-7-9-20-10-8-13)21-18-23-15(12(3)4)24-19(25-18)27(5)6/h7-12,14H,1-6H3,(H,21,23,24,25). The molecular weight excluding hydrogens is 356 g/mol. The van der Waals surface area contributed by atoms with E-state index in [1.807, 2.05) is 31.1 Å². The van der Waals surface area contributed by atoms with E-state index in [0.717, 1.165) is 11.4 Å². The first-order chi connectivity index (χ1) is 13.3. The van der Waals surface area contributed by atoms with E-state index in [1.165, 1.54) is 0 Å². The Bertz CT molecular complexity index is 881. The van der Waals surface area contributed by atoms with E-state index < -0.39 is 0 Å². The average molecular weight is 382 g/mol. The van der Waals surface area contributed by atoms with Crippen LogP contribution in [-0.4, -0.2) is 44.2 Å². The first kappa shape index (κ1) is 19.7. The summed E-state index contributed by atoms with van der Waals surface area (Å²) in [5.41, 5.74) is 0.852. The predicted octanol–water partition coefficient (Wildman–Crippen LogP) is 3.32. The first-order valence-corrected chi connectivity index (χ1v) is 9.29. The summed E-state index contributed by atoms with van der Waals surface area (Å²) in [6.07, 6.45) is 3.40. The monoisotopic (exact) mass is 382 g/mol. The van der Waals surface area contributed by atoms with Gasteiger partial charge in [0.1, 0.15) is 11.9 Å². The van der Waals surface area contributed by atoms with E-state index in [-0.39, 0.29) is 17.9 Å². The Hall–Kier alpha value is -3.10. The quantitative estimate of drug-likeness (QED) is 0.658. The first-order valence-electron chi connectivity index (χ1n) is 9.29. The fourth-order valence-corrected chi connectivity index (χ4v) is 2.54. The smallest absolute Gasteiger partial charge is 0.249 e. The lowest BCUT2D eigenvalue weighted by Crippen LogP contribution is -2.22. The number of nitrogens with zero attached hydrogens (tertiary/aromatic N) is 7. The van der Waals surface area contributed by atoms with Gasteiger partial charge in [0, 0.05) is 38.0 Å². The van der Waals surface area contributed by atoms with Gasteiger partial charge in [0.2, 0.25) is 23.6 Å². The normalized spacial score (nSPS) is 12.4. The maximum atomic E-state index is 5.54. The third kappa shape index (κ3) is 4.41. The summed E-state index contributed by atoms with van der Waals surface area (Å²) in [7, 11) is 3.81. The van der Waals surface area contributed by atoms with Gasteiger partial charge in [-0.2, -0.15) is 19.9 Å². The zero-order valence-corrected chi connectivity index (χ0v) is 17.1. The van der Waals surface area contributed by atoms with Crippen LogP contribution >= 0.6 is 0 Å². The summed E-state index contributed by atoms with van der Waals surface area (Å²) in [6.45, 7) is 8.26. The maximum Gasteiger partial charge on any atom is 0.249 e. The zero-order chi connectivity index (χ0) is 20.3. The van der Waals surface area contributed by atoms with Gasteiger partial charge in [0.15, 0.2) is 0 Å². The van der Waals surface area contributed by atoms with Gasteiger partial charge in [0.25, 0.3) is 0 Å². The molecular formula is C19H26N8O. The molecule has 3 aromatic heterocycles. The van der Waals surface area contributed by atoms with Gasteiger partial charge in [-0.1, -0.05) is 32.9 Å². The Kier molecular flexibility index (Phi) is 5.81. The number of rotatable bonds is 7. The average Bonchev–Trinajstić information content (AvgIpc) is 3.16. The lowest BCUT2D eigenvalue weighted by molar-refractivity contribution is 0.335. The fourth-order valence-electron chi connectivity index (χ4n) is 2.54. The van der Waals surface area contributed by atoms with E-state index in [1.54, 1.807) is 12.4 Å². The Labute approximate surface area is 164 Å². The SMILES string of the molecule is CC(C)c1nc(NC(c2nc(-c3ccncc3)no2)C(C)C)nc(N(C)C)n1. The second-order valence-electron chi connectivity index (χ2n) is 7.42. The maximum absolute atomic E-state index is 5.54. The van der Waals surface area contributed by atoms with Gasteiger partial charge in [0.05, 0.1) is 0 Å². The third-order valence-electron chi connectivity index (χ3n) is 4.15.